The zero-order valence-corrected chi connectivity index (χ0v) is 15.1. The molecule has 0 fully saturated rings. The molecule has 5 nitrogen and oxygen atoms in total. The van der Waals surface area contributed by atoms with Crippen LogP contribution in [0.5, 0.6) is 0 Å². The van der Waals surface area contributed by atoms with Gasteiger partial charge in [-0.25, -0.2) is 0 Å². The van der Waals surface area contributed by atoms with Crippen molar-refractivity contribution in [3.8, 4) is 10.4 Å². The van der Waals surface area contributed by atoms with Crippen molar-refractivity contribution >= 4 is 40.5 Å². The van der Waals surface area contributed by atoms with E-state index in [1.54, 1.807) is 12.1 Å². The highest BCUT2D eigenvalue weighted by molar-refractivity contribution is 7.17. The topological polar surface area (TPSA) is 71.7 Å². The molecule has 0 atom stereocenters. The fourth-order valence-electron chi connectivity index (χ4n) is 2.73. The summed E-state index contributed by atoms with van der Waals surface area (Å²) in [4.78, 5) is 29.8. The number of hydrogen-bond donors (Lipinski definition) is 1. The van der Waals surface area contributed by atoms with Crippen LogP contribution in [0.25, 0.3) is 10.4 Å². The van der Waals surface area contributed by atoms with Gasteiger partial charge in [0.05, 0.1) is 11.1 Å². The van der Waals surface area contributed by atoms with Crippen LogP contribution in [0.3, 0.4) is 0 Å². The van der Waals surface area contributed by atoms with Crippen LogP contribution in [0.15, 0.2) is 58.1 Å². The number of carbonyl (C=O) groups is 2. The number of carbonyl (C=O) groups excluding carboxylic acids is 2. The van der Waals surface area contributed by atoms with Crippen molar-refractivity contribution in [2.24, 2.45) is 4.99 Å². The molecule has 0 aliphatic carbocycles. The number of amidine groups is 1. The molecule has 0 unspecified atom stereocenters. The Bertz CT molecular complexity index is 1000. The number of rotatable bonds is 5. The van der Waals surface area contributed by atoms with E-state index in [9.17, 15) is 9.59 Å². The van der Waals surface area contributed by atoms with Crippen LogP contribution in [0.2, 0.25) is 5.02 Å². The summed E-state index contributed by atoms with van der Waals surface area (Å²) in [7, 11) is 0. The second-order valence-electron chi connectivity index (χ2n) is 5.77. The highest BCUT2D eigenvalue weighted by atomic mass is 35.5. The van der Waals surface area contributed by atoms with E-state index < -0.39 is 0 Å². The monoisotopic (exact) mass is 384 g/mol. The summed E-state index contributed by atoms with van der Waals surface area (Å²) >= 11 is 7.37. The highest BCUT2D eigenvalue weighted by Crippen LogP contribution is 2.35. The second kappa shape index (κ2) is 6.90. The van der Waals surface area contributed by atoms with Crippen molar-refractivity contribution in [3.63, 3.8) is 0 Å². The van der Waals surface area contributed by atoms with Crippen LogP contribution in [0, 0.1) is 0 Å². The van der Waals surface area contributed by atoms with Crippen molar-refractivity contribution < 1.29 is 14.0 Å². The molecule has 0 spiro atoms. The van der Waals surface area contributed by atoms with Gasteiger partial charge >= 0.3 is 0 Å². The number of amides is 1. The Kier molecular flexibility index (Phi) is 4.44. The lowest BCUT2D eigenvalue weighted by atomic mass is 10.1. The van der Waals surface area contributed by atoms with Gasteiger partial charge in [-0.05, 0) is 41.5 Å². The lowest BCUT2D eigenvalue weighted by Crippen LogP contribution is -2.25. The summed E-state index contributed by atoms with van der Waals surface area (Å²) in [5, 5.41) is 3.39. The molecule has 1 amide bonds. The molecule has 0 bridgehead atoms. The Morgan fingerprint density at radius 1 is 1.27 bits per heavy atom. The molecule has 0 saturated heterocycles. The fourth-order valence-corrected chi connectivity index (χ4v) is 3.99. The van der Waals surface area contributed by atoms with Gasteiger partial charge in [0.25, 0.3) is 0 Å². The summed E-state index contributed by atoms with van der Waals surface area (Å²) in [5.74, 6) is 0.626. The summed E-state index contributed by atoms with van der Waals surface area (Å²) in [5.41, 5.74) is 1.88. The first-order valence-electron chi connectivity index (χ1n) is 7.90. The van der Waals surface area contributed by atoms with Crippen LogP contribution in [-0.2, 0) is 11.2 Å². The minimum Gasteiger partial charge on any atom is -0.461 e. The van der Waals surface area contributed by atoms with E-state index in [1.165, 1.54) is 17.6 Å². The molecule has 0 saturated carbocycles. The Labute approximate surface area is 158 Å². The van der Waals surface area contributed by atoms with Crippen LogP contribution >= 0.6 is 22.9 Å². The minimum atomic E-state index is -0.168. The number of hydrogen-bond acceptors (Lipinski definition) is 5. The standard InChI is InChI=1S/C19H13ClN2O3S/c20-13-5-3-11(4-6-13)19-12(9-16-21-10-17(23)22-16)8-15(26-19)18(24)14-2-1-7-25-14/h1-8H,9-10H2,(H,21,22,23). The average Bonchev–Trinajstić information content (AvgIpc) is 3.37. The van der Waals surface area contributed by atoms with E-state index in [0.29, 0.717) is 27.9 Å². The van der Waals surface area contributed by atoms with Crippen molar-refractivity contribution in [1.82, 2.24) is 5.32 Å². The summed E-state index contributed by atoms with van der Waals surface area (Å²) in [6, 6.07) is 12.6. The van der Waals surface area contributed by atoms with E-state index in [1.807, 2.05) is 30.3 Å². The van der Waals surface area contributed by atoms with Gasteiger partial charge in [0.15, 0.2) is 5.76 Å². The first-order chi connectivity index (χ1) is 12.6. The molecule has 7 heteroatoms. The summed E-state index contributed by atoms with van der Waals surface area (Å²) in [6.45, 7) is 0.147. The Balaban J connectivity index is 1.73. The van der Waals surface area contributed by atoms with Gasteiger partial charge in [0.2, 0.25) is 11.7 Å². The first kappa shape index (κ1) is 16.8. The molecule has 2 aromatic heterocycles. The number of benzene rings is 1. The molecule has 3 heterocycles. The van der Waals surface area contributed by atoms with E-state index in [-0.39, 0.29) is 18.2 Å². The van der Waals surface area contributed by atoms with Crippen molar-refractivity contribution in [2.75, 3.05) is 6.54 Å². The molecule has 4 rings (SSSR count). The molecule has 1 aromatic carbocycles. The SMILES string of the molecule is O=C1CN=C(Cc2cc(C(=O)c3ccco3)sc2-c2ccc(Cl)cc2)N1. The first-order valence-corrected chi connectivity index (χ1v) is 9.09. The number of nitrogens with zero attached hydrogens (tertiary/aromatic N) is 1. The third-order valence-corrected chi connectivity index (χ3v) is 5.42. The smallest absolute Gasteiger partial charge is 0.247 e. The molecule has 3 aromatic rings. The quantitative estimate of drug-likeness (QED) is 0.677. The van der Waals surface area contributed by atoms with Crippen LogP contribution < -0.4 is 5.32 Å². The molecule has 1 aliphatic rings. The predicted molar refractivity (Wildman–Crippen MR) is 101 cm³/mol. The van der Waals surface area contributed by atoms with Crippen LogP contribution in [0.1, 0.15) is 21.0 Å². The molecular formula is C19H13ClN2O3S. The lowest BCUT2D eigenvalue weighted by Gasteiger charge is -2.04. The van der Waals surface area contributed by atoms with E-state index in [4.69, 9.17) is 16.0 Å². The molecule has 1 N–H and O–H groups in total. The molecular weight excluding hydrogens is 372 g/mol. The number of aliphatic imine (C=N–C) groups is 1. The lowest BCUT2D eigenvalue weighted by molar-refractivity contribution is -0.117. The summed E-state index contributed by atoms with van der Waals surface area (Å²) in [6.07, 6.45) is 1.93. The zero-order valence-electron chi connectivity index (χ0n) is 13.5. The summed E-state index contributed by atoms with van der Waals surface area (Å²) < 4.78 is 5.23. The number of thiophene rings is 1. The Morgan fingerprint density at radius 2 is 2.08 bits per heavy atom. The van der Waals surface area contributed by atoms with Gasteiger partial charge in [0.1, 0.15) is 12.4 Å². The zero-order chi connectivity index (χ0) is 18.1. The van der Waals surface area contributed by atoms with Crippen LogP contribution in [-0.4, -0.2) is 24.1 Å². The van der Waals surface area contributed by atoms with Crippen molar-refractivity contribution in [1.29, 1.82) is 0 Å². The number of ketones is 1. The Morgan fingerprint density at radius 3 is 2.73 bits per heavy atom. The normalized spacial score (nSPS) is 13.6. The van der Waals surface area contributed by atoms with E-state index in [0.717, 1.165) is 16.0 Å². The van der Waals surface area contributed by atoms with Crippen LogP contribution in [0.4, 0.5) is 0 Å². The average molecular weight is 385 g/mol. The fraction of sp³-hybridized carbons (Fsp3) is 0.105. The molecule has 1 aliphatic heterocycles. The van der Waals surface area contributed by atoms with Gasteiger partial charge in [-0.2, -0.15) is 0 Å². The van der Waals surface area contributed by atoms with Gasteiger partial charge < -0.3 is 9.73 Å². The minimum absolute atomic E-state index is 0.116. The van der Waals surface area contributed by atoms with Crippen molar-refractivity contribution in [3.05, 3.63) is 70.0 Å². The number of furan rings is 1. The maximum absolute atomic E-state index is 12.6. The van der Waals surface area contributed by atoms with Gasteiger partial charge in [-0.3, -0.25) is 14.6 Å². The Hall–Kier alpha value is -2.70. The number of nitrogens with one attached hydrogen (secondary N) is 1. The maximum Gasteiger partial charge on any atom is 0.247 e. The van der Waals surface area contributed by atoms with Crippen molar-refractivity contribution in [2.45, 2.75) is 6.42 Å². The molecule has 0 radical (unpaired) electrons. The molecule has 130 valence electrons. The van der Waals surface area contributed by atoms with Gasteiger partial charge in [-0.15, -0.1) is 11.3 Å². The van der Waals surface area contributed by atoms with Gasteiger partial charge in [0, 0.05) is 16.3 Å². The predicted octanol–water partition coefficient (Wildman–Crippen LogP) is 3.96. The van der Waals surface area contributed by atoms with Gasteiger partial charge in [-0.1, -0.05) is 23.7 Å². The van der Waals surface area contributed by atoms with E-state index in [2.05, 4.69) is 10.3 Å². The largest absolute Gasteiger partial charge is 0.461 e. The number of halogens is 1. The molecule has 26 heavy (non-hydrogen) atoms. The third-order valence-electron chi connectivity index (χ3n) is 3.94. The van der Waals surface area contributed by atoms with E-state index >= 15 is 0 Å². The second-order valence-corrected chi connectivity index (χ2v) is 7.25. The third kappa shape index (κ3) is 3.34. The maximum atomic E-state index is 12.6. The highest BCUT2D eigenvalue weighted by Gasteiger charge is 2.22.